The van der Waals surface area contributed by atoms with Crippen molar-refractivity contribution in [2.24, 2.45) is 5.73 Å². The molecular weight excluding hydrogens is 434 g/mol. The van der Waals surface area contributed by atoms with Gasteiger partial charge < -0.3 is 5.73 Å². The second kappa shape index (κ2) is 6.85. The fourth-order valence-corrected chi connectivity index (χ4v) is 3.36. The van der Waals surface area contributed by atoms with Crippen molar-refractivity contribution in [2.75, 3.05) is 9.80 Å². The summed E-state index contributed by atoms with van der Waals surface area (Å²) in [6.45, 7) is 0. The average molecular weight is 444 g/mol. The van der Waals surface area contributed by atoms with Gasteiger partial charge in [0.2, 0.25) is 11.6 Å². The highest BCUT2D eigenvalue weighted by atomic mass is 35.5. The molecule has 1 aliphatic heterocycles. The molecule has 1 aromatic heterocycles. The van der Waals surface area contributed by atoms with Gasteiger partial charge in [0.1, 0.15) is 12.0 Å². The van der Waals surface area contributed by atoms with Gasteiger partial charge in [0.05, 0.1) is 25.8 Å². The summed E-state index contributed by atoms with van der Waals surface area (Å²) in [5.74, 6) is 0.636. The number of nitrogens with two attached hydrogens (primary N) is 1. The first-order valence-electron chi connectivity index (χ1n) is 7.54. The van der Waals surface area contributed by atoms with Crippen molar-refractivity contribution in [2.45, 2.75) is 6.17 Å². The van der Waals surface area contributed by atoms with Crippen LogP contribution < -0.4 is 15.5 Å². The number of benzene rings is 2. The van der Waals surface area contributed by atoms with Gasteiger partial charge in [-0.15, -0.1) is 0 Å². The second-order valence-corrected chi connectivity index (χ2v) is 7.27. The lowest BCUT2D eigenvalue weighted by Gasteiger charge is -2.38. The van der Waals surface area contributed by atoms with Crippen LogP contribution in [0.1, 0.15) is 0 Å². The summed E-state index contributed by atoms with van der Waals surface area (Å²) in [7, 11) is 0. The lowest BCUT2D eigenvalue weighted by atomic mass is 10.1. The van der Waals surface area contributed by atoms with Crippen molar-refractivity contribution in [3.8, 4) is 0 Å². The zero-order valence-electron chi connectivity index (χ0n) is 13.3. The van der Waals surface area contributed by atoms with E-state index >= 15 is 0 Å². The van der Waals surface area contributed by atoms with Crippen molar-refractivity contribution in [1.29, 1.82) is 5.41 Å². The predicted molar refractivity (Wildman–Crippen MR) is 107 cm³/mol. The predicted octanol–water partition coefficient (Wildman–Crippen LogP) is 5.24. The van der Waals surface area contributed by atoms with E-state index < -0.39 is 6.17 Å². The van der Waals surface area contributed by atoms with Crippen molar-refractivity contribution < 1.29 is 4.63 Å². The van der Waals surface area contributed by atoms with Crippen LogP contribution in [0.3, 0.4) is 0 Å². The van der Waals surface area contributed by atoms with Crippen LogP contribution in [0.15, 0.2) is 41.0 Å². The number of rotatable bonds is 2. The van der Waals surface area contributed by atoms with E-state index in [9.17, 15) is 0 Å². The molecule has 1 aliphatic rings. The fraction of sp³-hybridized carbons (Fsp3) is 0.0625. The second-order valence-electron chi connectivity index (χ2n) is 5.64. The van der Waals surface area contributed by atoms with Gasteiger partial charge in [0, 0.05) is 5.69 Å². The lowest BCUT2D eigenvalue weighted by molar-refractivity contribution is 0.309. The van der Waals surface area contributed by atoms with Crippen LogP contribution >= 0.6 is 46.4 Å². The third kappa shape index (κ3) is 3.01. The number of nitrogens with zero attached hydrogens (tertiary/aromatic N) is 4. The molecule has 0 radical (unpaired) electrons. The van der Waals surface area contributed by atoms with E-state index in [4.69, 9.17) is 62.2 Å². The zero-order valence-corrected chi connectivity index (χ0v) is 16.4. The van der Waals surface area contributed by atoms with E-state index in [1.165, 1.54) is 4.90 Å². The number of halogens is 4. The SMILES string of the molecule is N=C1C(N)N(c2ccc(Cl)c(Cl)c2)c2nonc2N1c1ccc(Cl)c(Cl)c1. The maximum Gasteiger partial charge on any atom is 0.228 e. The summed E-state index contributed by atoms with van der Waals surface area (Å²) < 4.78 is 4.92. The number of aromatic nitrogens is 2. The first-order chi connectivity index (χ1) is 12.9. The minimum atomic E-state index is -0.893. The van der Waals surface area contributed by atoms with E-state index in [2.05, 4.69) is 10.3 Å². The van der Waals surface area contributed by atoms with E-state index in [0.717, 1.165) is 0 Å². The Kier molecular flexibility index (Phi) is 4.65. The molecule has 0 saturated carbocycles. The Morgan fingerprint density at radius 3 is 2.04 bits per heavy atom. The van der Waals surface area contributed by atoms with Crippen LogP contribution in [-0.2, 0) is 0 Å². The van der Waals surface area contributed by atoms with Crippen LogP contribution in [0, 0.1) is 5.41 Å². The van der Waals surface area contributed by atoms with E-state index in [0.29, 0.717) is 37.3 Å². The van der Waals surface area contributed by atoms with Gasteiger partial charge in [-0.05, 0) is 46.7 Å². The highest BCUT2D eigenvalue weighted by molar-refractivity contribution is 6.42. The number of amidine groups is 1. The minimum absolute atomic E-state index is 0.0302. The summed E-state index contributed by atoms with van der Waals surface area (Å²) in [5, 5.41) is 17.9. The minimum Gasteiger partial charge on any atom is -0.305 e. The van der Waals surface area contributed by atoms with Crippen LogP contribution in [0.2, 0.25) is 20.1 Å². The monoisotopic (exact) mass is 442 g/mol. The normalized spacial score (nSPS) is 16.6. The summed E-state index contributed by atoms with van der Waals surface area (Å²) >= 11 is 24.2. The van der Waals surface area contributed by atoms with Crippen LogP contribution in [0.4, 0.5) is 23.0 Å². The molecule has 0 fully saturated rings. The molecule has 1 atom stereocenters. The maximum atomic E-state index is 8.57. The van der Waals surface area contributed by atoms with Gasteiger partial charge in [0.15, 0.2) is 0 Å². The molecular formula is C16H10Cl4N6O. The van der Waals surface area contributed by atoms with E-state index in [1.807, 2.05) is 0 Å². The van der Waals surface area contributed by atoms with Crippen LogP contribution in [-0.4, -0.2) is 22.3 Å². The summed E-state index contributed by atoms with van der Waals surface area (Å²) in [5.41, 5.74) is 7.47. The number of hydrogen-bond acceptors (Lipinski definition) is 6. The van der Waals surface area contributed by atoms with Crippen LogP contribution in [0.5, 0.6) is 0 Å². The Morgan fingerprint density at radius 2 is 1.41 bits per heavy atom. The quantitative estimate of drug-likeness (QED) is 0.562. The molecule has 3 N–H and O–H groups in total. The number of nitrogens with one attached hydrogen (secondary N) is 1. The maximum absolute atomic E-state index is 8.57. The smallest absolute Gasteiger partial charge is 0.228 e. The summed E-state index contributed by atoms with van der Waals surface area (Å²) in [4.78, 5) is 3.08. The molecule has 0 aliphatic carbocycles. The molecule has 0 saturated heterocycles. The standard InChI is InChI=1S/C16H10Cl4N6O/c17-9-3-1-7(5-11(9)19)25-13(21)14(22)26(16-15(25)23-27-24-16)8-2-4-10(18)12(20)6-8/h1-6,13,22H,21H2. The Bertz CT molecular complexity index is 1060. The molecule has 2 heterocycles. The largest absolute Gasteiger partial charge is 0.305 e. The van der Waals surface area contributed by atoms with Gasteiger partial charge in [0.25, 0.3) is 0 Å². The van der Waals surface area contributed by atoms with Crippen molar-refractivity contribution in [1.82, 2.24) is 10.3 Å². The van der Waals surface area contributed by atoms with Crippen molar-refractivity contribution in [3.05, 3.63) is 56.5 Å². The van der Waals surface area contributed by atoms with Crippen molar-refractivity contribution in [3.63, 3.8) is 0 Å². The average Bonchev–Trinajstić information content (AvgIpc) is 3.10. The van der Waals surface area contributed by atoms with E-state index in [1.54, 1.807) is 41.3 Å². The highest BCUT2D eigenvalue weighted by Crippen LogP contribution is 2.42. The highest BCUT2D eigenvalue weighted by Gasteiger charge is 2.39. The van der Waals surface area contributed by atoms with Gasteiger partial charge >= 0.3 is 0 Å². The molecule has 7 nitrogen and oxygen atoms in total. The zero-order chi connectivity index (χ0) is 19.3. The third-order valence-corrected chi connectivity index (χ3v) is 5.51. The van der Waals surface area contributed by atoms with Gasteiger partial charge in [-0.1, -0.05) is 46.4 Å². The number of anilines is 4. The summed E-state index contributed by atoms with van der Waals surface area (Å²) in [6.07, 6.45) is -0.893. The molecule has 11 heteroatoms. The van der Waals surface area contributed by atoms with Crippen molar-refractivity contribution >= 4 is 75.2 Å². The Hall–Kier alpha value is -2.03. The van der Waals surface area contributed by atoms with Gasteiger partial charge in [-0.2, -0.15) is 0 Å². The molecule has 138 valence electrons. The van der Waals surface area contributed by atoms with E-state index in [-0.39, 0.29) is 11.7 Å². The van der Waals surface area contributed by atoms with Crippen LogP contribution in [0.25, 0.3) is 0 Å². The topological polar surface area (TPSA) is 95.3 Å². The Morgan fingerprint density at radius 1 is 0.852 bits per heavy atom. The Labute approximate surface area is 173 Å². The first-order valence-corrected chi connectivity index (χ1v) is 9.05. The summed E-state index contributed by atoms with van der Waals surface area (Å²) in [6, 6.07) is 9.91. The molecule has 0 amide bonds. The van der Waals surface area contributed by atoms with Gasteiger partial charge in [-0.25, -0.2) is 4.63 Å². The lowest BCUT2D eigenvalue weighted by Crippen LogP contribution is -2.54. The molecule has 4 rings (SSSR count). The molecule has 2 aromatic carbocycles. The molecule has 3 aromatic rings. The number of fused-ring (bicyclic) bond motifs is 1. The third-order valence-electron chi connectivity index (χ3n) is 4.04. The Balaban J connectivity index is 1.85. The first kappa shape index (κ1) is 18.3. The molecule has 0 spiro atoms. The molecule has 0 bridgehead atoms. The van der Waals surface area contributed by atoms with Gasteiger partial charge in [-0.3, -0.25) is 15.2 Å². The fourth-order valence-electron chi connectivity index (χ4n) is 2.78. The number of hydrogen-bond donors (Lipinski definition) is 2. The molecule has 27 heavy (non-hydrogen) atoms. The molecule has 1 unspecified atom stereocenters.